The minimum atomic E-state index is -0.621. The molecule has 1 amide bonds. The summed E-state index contributed by atoms with van der Waals surface area (Å²) in [4.78, 5) is 11.9. The zero-order valence-corrected chi connectivity index (χ0v) is 12.0. The molecule has 1 fully saturated rings. The van der Waals surface area contributed by atoms with Crippen LogP contribution in [0.15, 0.2) is 24.3 Å². The second-order valence-electron chi connectivity index (χ2n) is 4.95. The number of ether oxygens (including phenoxy) is 1. The van der Waals surface area contributed by atoms with E-state index in [9.17, 15) is 4.79 Å². The third-order valence-corrected chi connectivity index (χ3v) is 3.45. The molecule has 0 aliphatic heterocycles. The van der Waals surface area contributed by atoms with Crippen molar-refractivity contribution in [1.29, 1.82) is 0 Å². The molecule has 5 heteroatoms. The average molecular weight is 285 g/mol. The van der Waals surface area contributed by atoms with Crippen molar-refractivity contribution in [3.05, 3.63) is 35.4 Å². The van der Waals surface area contributed by atoms with Crippen molar-refractivity contribution in [2.24, 2.45) is 5.73 Å². The fourth-order valence-corrected chi connectivity index (χ4v) is 2.14. The van der Waals surface area contributed by atoms with Gasteiger partial charge in [-0.25, -0.2) is 0 Å². The van der Waals surface area contributed by atoms with Crippen molar-refractivity contribution >= 4 is 18.3 Å². The highest BCUT2D eigenvalue weighted by Gasteiger charge is 2.39. The van der Waals surface area contributed by atoms with E-state index in [0.717, 1.165) is 30.4 Å². The van der Waals surface area contributed by atoms with Gasteiger partial charge < -0.3 is 15.8 Å². The Morgan fingerprint density at radius 3 is 2.68 bits per heavy atom. The molecule has 1 aliphatic rings. The van der Waals surface area contributed by atoms with Gasteiger partial charge in [0.2, 0.25) is 5.91 Å². The maximum atomic E-state index is 11.9. The van der Waals surface area contributed by atoms with Crippen molar-refractivity contribution in [2.45, 2.75) is 38.0 Å². The summed E-state index contributed by atoms with van der Waals surface area (Å²) >= 11 is 0. The van der Waals surface area contributed by atoms with Gasteiger partial charge in [0.15, 0.2) is 0 Å². The van der Waals surface area contributed by atoms with Gasteiger partial charge in [-0.3, -0.25) is 4.79 Å². The first-order valence-electron chi connectivity index (χ1n) is 6.28. The van der Waals surface area contributed by atoms with Crippen molar-refractivity contribution in [3.8, 4) is 0 Å². The molecule has 0 saturated heterocycles. The molecule has 1 aromatic rings. The first-order valence-corrected chi connectivity index (χ1v) is 6.28. The highest BCUT2D eigenvalue weighted by Crippen LogP contribution is 2.29. The number of rotatable bonds is 5. The largest absolute Gasteiger partial charge is 0.380 e. The van der Waals surface area contributed by atoms with Gasteiger partial charge in [0, 0.05) is 13.7 Å². The molecule has 0 unspecified atom stereocenters. The van der Waals surface area contributed by atoms with E-state index in [4.69, 9.17) is 10.5 Å². The number of hydrogen-bond acceptors (Lipinski definition) is 3. The van der Waals surface area contributed by atoms with Crippen LogP contribution in [-0.2, 0) is 22.7 Å². The van der Waals surface area contributed by atoms with Crippen molar-refractivity contribution in [1.82, 2.24) is 5.32 Å². The molecule has 0 atom stereocenters. The van der Waals surface area contributed by atoms with Crippen LogP contribution in [0.5, 0.6) is 0 Å². The molecular formula is C14H21ClN2O2. The van der Waals surface area contributed by atoms with Crippen LogP contribution in [0, 0.1) is 0 Å². The monoisotopic (exact) mass is 284 g/mol. The number of hydrogen-bond donors (Lipinski definition) is 2. The predicted molar refractivity (Wildman–Crippen MR) is 77.0 cm³/mol. The number of nitrogens with two attached hydrogens (primary N) is 1. The van der Waals surface area contributed by atoms with Crippen LogP contribution in [0.2, 0.25) is 0 Å². The molecular weight excluding hydrogens is 264 g/mol. The van der Waals surface area contributed by atoms with E-state index in [1.165, 1.54) is 0 Å². The van der Waals surface area contributed by atoms with Crippen LogP contribution in [0.3, 0.4) is 0 Å². The Balaban J connectivity index is 0.00000180. The molecule has 1 aliphatic carbocycles. The molecule has 106 valence electrons. The van der Waals surface area contributed by atoms with Gasteiger partial charge in [0.25, 0.3) is 0 Å². The molecule has 0 radical (unpaired) electrons. The van der Waals surface area contributed by atoms with E-state index < -0.39 is 5.54 Å². The molecule has 0 bridgehead atoms. The van der Waals surface area contributed by atoms with Gasteiger partial charge in [-0.2, -0.15) is 0 Å². The standard InChI is InChI=1S/C14H20N2O2.ClH/c1-18-10-12-5-2-4-11(8-12)9-16-13(17)14(15)6-3-7-14;/h2,4-5,8H,3,6-7,9-10,15H2,1H3,(H,16,17);1H. The Bertz CT molecular complexity index is 433. The summed E-state index contributed by atoms with van der Waals surface area (Å²) in [5.41, 5.74) is 7.51. The molecule has 2 rings (SSSR count). The van der Waals surface area contributed by atoms with Crippen LogP contribution in [-0.4, -0.2) is 18.6 Å². The smallest absolute Gasteiger partial charge is 0.240 e. The summed E-state index contributed by atoms with van der Waals surface area (Å²) in [6.07, 6.45) is 2.64. The zero-order chi connectivity index (χ0) is 13.0. The van der Waals surface area contributed by atoms with E-state index in [2.05, 4.69) is 5.32 Å². The number of carbonyl (C=O) groups is 1. The van der Waals surface area contributed by atoms with Gasteiger partial charge in [-0.15, -0.1) is 12.4 Å². The lowest BCUT2D eigenvalue weighted by molar-refractivity contribution is -0.129. The fourth-order valence-electron chi connectivity index (χ4n) is 2.14. The normalized spacial score (nSPS) is 16.1. The maximum absolute atomic E-state index is 11.9. The van der Waals surface area contributed by atoms with E-state index in [1.807, 2.05) is 24.3 Å². The minimum absolute atomic E-state index is 0. The van der Waals surface area contributed by atoms with Gasteiger partial charge in [0.1, 0.15) is 0 Å². The SMILES string of the molecule is COCc1cccc(CNC(=O)C2(N)CCC2)c1.Cl. The van der Waals surface area contributed by atoms with Crippen LogP contribution in [0.1, 0.15) is 30.4 Å². The maximum Gasteiger partial charge on any atom is 0.240 e. The Morgan fingerprint density at radius 1 is 1.42 bits per heavy atom. The van der Waals surface area contributed by atoms with Gasteiger partial charge >= 0.3 is 0 Å². The molecule has 0 aromatic heterocycles. The molecule has 0 spiro atoms. The first-order chi connectivity index (χ1) is 8.64. The van der Waals surface area contributed by atoms with Crippen LogP contribution in [0.4, 0.5) is 0 Å². The van der Waals surface area contributed by atoms with Crippen molar-refractivity contribution in [3.63, 3.8) is 0 Å². The zero-order valence-electron chi connectivity index (χ0n) is 11.1. The Hall–Kier alpha value is -1.10. The molecule has 4 nitrogen and oxygen atoms in total. The summed E-state index contributed by atoms with van der Waals surface area (Å²) in [7, 11) is 1.67. The lowest BCUT2D eigenvalue weighted by Crippen LogP contribution is -2.58. The number of amides is 1. The molecule has 1 aromatic carbocycles. The van der Waals surface area contributed by atoms with E-state index in [-0.39, 0.29) is 18.3 Å². The lowest BCUT2D eigenvalue weighted by atomic mass is 9.77. The lowest BCUT2D eigenvalue weighted by Gasteiger charge is -2.36. The summed E-state index contributed by atoms with van der Waals surface area (Å²) in [5.74, 6) is -0.0362. The second-order valence-corrected chi connectivity index (χ2v) is 4.95. The molecule has 19 heavy (non-hydrogen) atoms. The average Bonchev–Trinajstić information content (AvgIpc) is 2.34. The van der Waals surface area contributed by atoms with Crippen LogP contribution >= 0.6 is 12.4 Å². The molecule has 0 heterocycles. The summed E-state index contributed by atoms with van der Waals surface area (Å²) in [5, 5.41) is 2.91. The predicted octanol–water partition coefficient (Wildman–Crippen LogP) is 1.75. The van der Waals surface area contributed by atoms with E-state index in [0.29, 0.717) is 13.2 Å². The number of carbonyl (C=O) groups excluding carboxylic acids is 1. The molecule has 3 N–H and O–H groups in total. The van der Waals surface area contributed by atoms with Crippen molar-refractivity contribution < 1.29 is 9.53 Å². The Morgan fingerprint density at radius 2 is 2.11 bits per heavy atom. The van der Waals surface area contributed by atoms with Gasteiger partial charge in [-0.05, 0) is 30.4 Å². The number of benzene rings is 1. The quantitative estimate of drug-likeness (QED) is 0.866. The highest BCUT2D eigenvalue weighted by molar-refractivity contribution is 5.87. The highest BCUT2D eigenvalue weighted by atomic mass is 35.5. The van der Waals surface area contributed by atoms with Gasteiger partial charge in [0.05, 0.1) is 12.1 Å². The van der Waals surface area contributed by atoms with E-state index >= 15 is 0 Å². The first kappa shape index (κ1) is 16.0. The summed E-state index contributed by atoms with van der Waals surface area (Å²) in [6, 6.07) is 8.00. The molecule has 1 saturated carbocycles. The summed E-state index contributed by atoms with van der Waals surface area (Å²) in [6.45, 7) is 1.11. The van der Waals surface area contributed by atoms with Crippen LogP contribution in [0.25, 0.3) is 0 Å². The Labute approximate surface area is 120 Å². The fraction of sp³-hybridized carbons (Fsp3) is 0.500. The second kappa shape index (κ2) is 6.89. The van der Waals surface area contributed by atoms with Crippen LogP contribution < -0.4 is 11.1 Å². The van der Waals surface area contributed by atoms with E-state index in [1.54, 1.807) is 7.11 Å². The number of halogens is 1. The Kier molecular flexibility index (Phi) is 5.79. The summed E-state index contributed by atoms with van der Waals surface area (Å²) < 4.78 is 5.08. The van der Waals surface area contributed by atoms with Crippen molar-refractivity contribution in [2.75, 3.05) is 7.11 Å². The number of methoxy groups -OCH3 is 1. The number of nitrogens with one attached hydrogen (secondary N) is 1. The third-order valence-electron chi connectivity index (χ3n) is 3.45. The topological polar surface area (TPSA) is 64.3 Å². The minimum Gasteiger partial charge on any atom is -0.380 e. The third kappa shape index (κ3) is 3.93. The van der Waals surface area contributed by atoms with Gasteiger partial charge in [-0.1, -0.05) is 24.3 Å².